The van der Waals surface area contributed by atoms with E-state index in [1.165, 1.54) is 4.90 Å². The Hall–Kier alpha value is -1.63. The average molecular weight is 311 g/mol. The minimum absolute atomic E-state index is 0.103. The van der Waals surface area contributed by atoms with Crippen LogP contribution in [0.4, 0.5) is 4.79 Å². The Morgan fingerprint density at radius 2 is 2.09 bits per heavy atom. The average Bonchev–Trinajstić information content (AvgIpc) is 2.66. The van der Waals surface area contributed by atoms with Gasteiger partial charge in [-0.1, -0.05) is 0 Å². The number of hydrogen-bond acceptors (Lipinski definition) is 5. The zero-order chi connectivity index (χ0) is 16.3. The number of amides is 3. The highest BCUT2D eigenvalue weighted by molar-refractivity contribution is 6.06. The van der Waals surface area contributed by atoms with Crippen molar-refractivity contribution in [2.45, 2.75) is 39.2 Å². The van der Waals surface area contributed by atoms with Gasteiger partial charge < -0.3 is 15.0 Å². The van der Waals surface area contributed by atoms with Gasteiger partial charge in [0.25, 0.3) is 5.91 Å². The highest BCUT2D eigenvalue weighted by Crippen LogP contribution is 2.19. The standard InChI is InChI=1S/C15H25N3O4/c1-4-22-12(19)11-6-5-7-17(10-11)8-9-18-13(20)15(2,3)16-14(18)21/h11H,4-10H2,1-3H3,(H,16,21)/t11-/m1/s1. The molecule has 1 atom stereocenters. The maximum absolute atomic E-state index is 12.1. The van der Waals surface area contributed by atoms with E-state index >= 15 is 0 Å². The van der Waals surface area contributed by atoms with Crippen LogP contribution in [0.25, 0.3) is 0 Å². The molecule has 2 fully saturated rings. The van der Waals surface area contributed by atoms with Gasteiger partial charge in [0.05, 0.1) is 12.5 Å². The molecular weight excluding hydrogens is 286 g/mol. The fourth-order valence-electron chi connectivity index (χ4n) is 2.97. The highest BCUT2D eigenvalue weighted by Gasteiger charge is 2.44. The number of esters is 1. The summed E-state index contributed by atoms with van der Waals surface area (Å²) in [5, 5.41) is 2.67. The molecule has 0 aromatic rings. The lowest BCUT2D eigenvalue weighted by Crippen LogP contribution is -2.45. The number of likely N-dealkylation sites (tertiary alicyclic amines) is 1. The molecule has 22 heavy (non-hydrogen) atoms. The SMILES string of the molecule is CCOC(=O)[C@@H]1CCCN(CCN2C(=O)NC(C)(C)C2=O)C1. The Bertz CT molecular complexity index is 464. The second kappa shape index (κ2) is 6.64. The largest absolute Gasteiger partial charge is 0.466 e. The molecule has 1 N–H and O–H groups in total. The molecule has 2 saturated heterocycles. The number of rotatable bonds is 5. The smallest absolute Gasteiger partial charge is 0.325 e. The van der Waals surface area contributed by atoms with E-state index in [0.717, 1.165) is 19.4 Å². The molecule has 0 aliphatic carbocycles. The second-order valence-electron chi connectivity index (χ2n) is 6.40. The van der Waals surface area contributed by atoms with Gasteiger partial charge in [0.15, 0.2) is 0 Å². The molecule has 2 heterocycles. The van der Waals surface area contributed by atoms with Gasteiger partial charge >= 0.3 is 12.0 Å². The molecule has 0 saturated carbocycles. The van der Waals surface area contributed by atoms with Crippen molar-refractivity contribution in [2.24, 2.45) is 5.92 Å². The minimum Gasteiger partial charge on any atom is -0.466 e. The fraction of sp³-hybridized carbons (Fsp3) is 0.800. The van der Waals surface area contributed by atoms with Gasteiger partial charge in [-0.2, -0.15) is 0 Å². The van der Waals surface area contributed by atoms with Gasteiger partial charge in [0, 0.05) is 19.6 Å². The van der Waals surface area contributed by atoms with E-state index in [1.54, 1.807) is 20.8 Å². The van der Waals surface area contributed by atoms with Crippen molar-refractivity contribution in [1.82, 2.24) is 15.1 Å². The zero-order valence-corrected chi connectivity index (χ0v) is 13.6. The summed E-state index contributed by atoms with van der Waals surface area (Å²) >= 11 is 0. The van der Waals surface area contributed by atoms with Crippen LogP contribution in [0.15, 0.2) is 0 Å². The van der Waals surface area contributed by atoms with E-state index < -0.39 is 5.54 Å². The maximum Gasteiger partial charge on any atom is 0.325 e. The lowest BCUT2D eigenvalue weighted by Gasteiger charge is -2.32. The van der Waals surface area contributed by atoms with Crippen LogP contribution in [0.1, 0.15) is 33.6 Å². The van der Waals surface area contributed by atoms with E-state index in [1.807, 2.05) is 0 Å². The Kier molecular flexibility index (Phi) is 5.05. The molecule has 0 aromatic carbocycles. The number of ether oxygens (including phenoxy) is 1. The van der Waals surface area contributed by atoms with Crippen LogP contribution in [0.2, 0.25) is 0 Å². The molecular formula is C15H25N3O4. The van der Waals surface area contributed by atoms with Crippen LogP contribution in [0, 0.1) is 5.92 Å². The van der Waals surface area contributed by atoms with Crippen molar-refractivity contribution >= 4 is 17.9 Å². The third-order valence-electron chi connectivity index (χ3n) is 4.21. The fourth-order valence-corrected chi connectivity index (χ4v) is 2.97. The van der Waals surface area contributed by atoms with Gasteiger partial charge in [-0.25, -0.2) is 4.79 Å². The van der Waals surface area contributed by atoms with Crippen LogP contribution < -0.4 is 5.32 Å². The van der Waals surface area contributed by atoms with Crippen molar-refractivity contribution in [3.63, 3.8) is 0 Å². The molecule has 0 bridgehead atoms. The van der Waals surface area contributed by atoms with E-state index in [2.05, 4.69) is 10.2 Å². The Morgan fingerprint density at radius 3 is 2.68 bits per heavy atom. The topological polar surface area (TPSA) is 79.0 Å². The molecule has 0 radical (unpaired) electrons. The van der Waals surface area contributed by atoms with E-state index in [9.17, 15) is 14.4 Å². The summed E-state index contributed by atoms with van der Waals surface area (Å²) in [6.45, 7) is 8.05. The number of nitrogens with zero attached hydrogens (tertiary/aromatic N) is 2. The predicted octanol–water partition coefficient (Wildman–Crippen LogP) is 0.592. The molecule has 0 unspecified atom stereocenters. The first-order valence-electron chi connectivity index (χ1n) is 7.88. The molecule has 0 spiro atoms. The monoisotopic (exact) mass is 311 g/mol. The van der Waals surface area contributed by atoms with Crippen LogP contribution in [-0.4, -0.2) is 66.0 Å². The summed E-state index contributed by atoms with van der Waals surface area (Å²) in [5.74, 6) is -0.451. The number of hydrogen-bond donors (Lipinski definition) is 1. The molecule has 7 nitrogen and oxygen atoms in total. The number of carbonyl (C=O) groups excluding carboxylic acids is 3. The normalized spacial score (nSPS) is 25.2. The van der Waals surface area contributed by atoms with Crippen molar-refractivity contribution in [3.8, 4) is 0 Å². The molecule has 3 amide bonds. The Labute approximate surface area is 131 Å². The number of nitrogens with one attached hydrogen (secondary N) is 1. The molecule has 2 aliphatic rings. The summed E-state index contributed by atoms with van der Waals surface area (Å²) in [5.41, 5.74) is -0.827. The first-order valence-corrected chi connectivity index (χ1v) is 7.88. The minimum atomic E-state index is -0.827. The summed E-state index contributed by atoms with van der Waals surface area (Å²) in [6.07, 6.45) is 1.76. The quantitative estimate of drug-likeness (QED) is 0.594. The number of imide groups is 1. The third-order valence-corrected chi connectivity index (χ3v) is 4.21. The van der Waals surface area contributed by atoms with Crippen LogP contribution in [-0.2, 0) is 14.3 Å². The van der Waals surface area contributed by atoms with Gasteiger partial charge in [-0.15, -0.1) is 0 Å². The molecule has 2 rings (SSSR count). The molecule has 0 aromatic heterocycles. The van der Waals surface area contributed by atoms with E-state index in [4.69, 9.17) is 4.74 Å². The number of piperidine rings is 1. The summed E-state index contributed by atoms with van der Waals surface area (Å²) in [7, 11) is 0. The van der Waals surface area contributed by atoms with Crippen molar-refractivity contribution in [2.75, 3.05) is 32.8 Å². The maximum atomic E-state index is 12.1. The van der Waals surface area contributed by atoms with Gasteiger partial charge in [-0.3, -0.25) is 14.5 Å². The van der Waals surface area contributed by atoms with Gasteiger partial charge in [-0.05, 0) is 40.2 Å². The van der Waals surface area contributed by atoms with Crippen LogP contribution in [0.5, 0.6) is 0 Å². The lowest BCUT2D eigenvalue weighted by atomic mass is 9.98. The summed E-state index contributed by atoms with van der Waals surface area (Å²) < 4.78 is 5.07. The van der Waals surface area contributed by atoms with Crippen molar-refractivity contribution < 1.29 is 19.1 Å². The van der Waals surface area contributed by atoms with E-state index in [0.29, 0.717) is 26.2 Å². The lowest BCUT2D eigenvalue weighted by molar-refractivity contribution is -0.150. The van der Waals surface area contributed by atoms with Gasteiger partial charge in [0.1, 0.15) is 5.54 Å². The Balaban J connectivity index is 1.85. The van der Waals surface area contributed by atoms with Crippen molar-refractivity contribution in [3.05, 3.63) is 0 Å². The summed E-state index contributed by atoms with van der Waals surface area (Å²) in [4.78, 5) is 39.1. The predicted molar refractivity (Wildman–Crippen MR) is 80.1 cm³/mol. The number of urea groups is 1. The highest BCUT2D eigenvalue weighted by atomic mass is 16.5. The van der Waals surface area contributed by atoms with E-state index in [-0.39, 0.29) is 23.8 Å². The molecule has 2 aliphatic heterocycles. The van der Waals surface area contributed by atoms with Crippen LogP contribution in [0.3, 0.4) is 0 Å². The zero-order valence-electron chi connectivity index (χ0n) is 13.6. The first-order chi connectivity index (χ1) is 10.3. The summed E-state index contributed by atoms with van der Waals surface area (Å²) in [6, 6.07) is -0.339. The second-order valence-corrected chi connectivity index (χ2v) is 6.40. The molecule has 7 heteroatoms. The first kappa shape index (κ1) is 16.7. The van der Waals surface area contributed by atoms with Crippen LogP contribution >= 0.6 is 0 Å². The third kappa shape index (κ3) is 3.58. The van der Waals surface area contributed by atoms with Crippen molar-refractivity contribution in [1.29, 1.82) is 0 Å². The van der Waals surface area contributed by atoms with Gasteiger partial charge in [0.2, 0.25) is 0 Å². The molecule has 124 valence electrons. The number of carbonyl (C=O) groups is 3. The Morgan fingerprint density at radius 1 is 1.36 bits per heavy atom.